The fraction of sp³-hybridized carbons (Fsp3) is 0.786. The molecule has 1 aromatic heterocycles. The summed E-state index contributed by atoms with van der Waals surface area (Å²) in [6, 6.07) is 0.900. The molecule has 4 nitrogen and oxygen atoms in total. The zero-order valence-electron chi connectivity index (χ0n) is 11.9. The molecule has 1 aliphatic carbocycles. The van der Waals surface area contributed by atoms with Crippen molar-refractivity contribution in [1.82, 2.24) is 9.88 Å². The van der Waals surface area contributed by atoms with Gasteiger partial charge < -0.3 is 15.5 Å². The van der Waals surface area contributed by atoms with Crippen LogP contribution >= 0.6 is 11.3 Å². The van der Waals surface area contributed by atoms with Crippen LogP contribution in [-0.4, -0.2) is 43.1 Å². The number of fused-ring (bicyclic) bond motifs is 1. The number of rotatable bonds is 3. The predicted molar refractivity (Wildman–Crippen MR) is 80.9 cm³/mol. The van der Waals surface area contributed by atoms with E-state index in [1.165, 1.54) is 36.4 Å². The zero-order chi connectivity index (χ0) is 13.4. The van der Waals surface area contributed by atoms with Gasteiger partial charge in [-0.1, -0.05) is 0 Å². The van der Waals surface area contributed by atoms with Crippen LogP contribution in [-0.2, 0) is 6.42 Å². The summed E-state index contributed by atoms with van der Waals surface area (Å²) in [5, 5.41) is 1.16. The molecule has 3 rings (SSSR count). The number of aryl methyl sites for hydroxylation is 1. The smallest absolute Gasteiger partial charge is 0.185 e. The molecule has 2 heterocycles. The summed E-state index contributed by atoms with van der Waals surface area (Å²) in [6.07, 6.45) is 6.05. The lowest BCUT2D eigenvalue weighted by Gasteiger charge is -2.25. The Balaban J connectivity index is 1.71. The van der Waals surface area contributed by atoms with Crippen LogP contribution in [0, 0.1) is 0 Å². The molecule has 5 heteroatoms. The summed E-state index contributed by atoms with van der Waals surface area (Å²) in [7, 11) is 4.40. The summed E-state index contributed by atoms with van der Waals surface area (Å²) in [5.74, 6) is 0. The van der Waals surface area contributed by atoms with E-state index >= 15 is 0 Å². The maximum absolute atomic E-state index is 6.19. The fourth-order valence-corrected chi connectivity index (χ4v) is 4.33. The van der Waals surface area contributed by atoms with Crippen LogP contribution in [0.1, 0.15) is 42.3 Å². The summed E-state index contributed by atoms with van der Waals surface area (Å²) < 4.78 is 0. The Labute approximate surface area is 119 Å². The van der Waals surface area contributed by atoms with Crippen molar-refractivity contribution in [3.63, 3.8) is 0 Å². The Kier molecular flexibility index (Phi) is 3.78. The largest absolute Gasteiger partial charge is 0.350 e. The molecule has 1 aliphatic heterocycles. The van der Waals surface area contributed by atoms with Gasteiger partial charge in [-0.05, 0) is 45.7 Å². The van der Waals surface area contributed by atoms with Crippen molar-refractivity contribution in [3.05, 3.63) is 10.6 Å². The standard InChI is InChI=1S/C14H24N4S/c1-17-8-4-5-10(17)9-18(2)14-16-12-7-3-6-11(15)13(12)19-14/h10-11H,3-9,15H2,1-2H3. The topological polar surface area (TPSA) is 45.4 Å². The minimum absolute atomic E-state index is 0.220. The zero-order valence-corrected chi connectivity index (χ0v) is 12.7. The molecule has 2 aliphatic rings. The van der Waals surface area contributed by atoms with Crippen molar-refractivity contribution >= 4 is 16.5 Å². The van der Waals surface area contributed by atoms with Gasteiger partial charge in [-0.2, -0.15) is 0 Å². The minimum atomic E-state index is 0.220. The molecule has 19 heavy (non-hydrogen) atoms. The van der Waals surface area contributed by atoms with E-state index in [0.29, 0.717) is 6.04 Å². The molecular formula is C14H24N4S. The summed E-state index contributed by atoms with van der Waals surface area (Å²) in [6.45, 7) is 2.32. The van der Waals surface area contributed by atoms with Crippen LogP contribution in [0.3, 0.4) is 0 Å². The summed E-state index contributed by atoms with van der Waals surface area (Å²) >= 11 is 1.81. The molecule has 0 bridgehead atoms. The third-order valence-corrected chi connectivity index (χ3v) is 5.81. The van der Waals surface area contributed by atoms with E-state index in [1.54, 1.807) is 0 Å². The Hall–Kier alpha value is -0.650. The summed E-state index contributed by atoms with van der Waals surface area (Å²) in [5.41, 5.74) is 7.44. The van der Waals surface area contributed by atoms with Gasteiger partial charge in [-0.3, -0.25) is 0 Å². The molecule has 2 N–H and O–H groups in total. The van der Waals surface area contributed by atoms with E-state index in [9.17, 15) is 0 Å². The molecular weight excluding hydrogens is 256 g/mol. The Morgan fingerprint density at radius 3 is 2.95 bits per heavy atom. The highest BCUT2D eigenvalue weighted by atomic mass is 32.1. The van der Waals surface area contributed by atoms with Gasteiger partial charge in [-0.15, -0.1) is 11.3 Å². The number of aromatic nitrogens is 1. The van der Waals surface area contributed by atoms with Crippen LogP contribution < -0.4 is 10.6 Å². The second-order valence-electron chi connectivity index (χ2n) is 5.96. The molecule has 0 aromatic carbocycles. The summed E-state index contributed by atoms with van der Waals surface area (Å²) in [4.78, 5) is 10.9. The first-order valence-electron chi connectivity index (χ1n) is 7.31. The first-order valence-corrected chi connectivity index (χ1v) is 8.13. The average molecular weight is 280 g/mol. The number of hydrogen-bond acceptors (Lipinski definition) is 5. The Morgan fingerprint density at radius 2 is 2.26 bits per heavy atom. The molecule has 0 radical (unpaired) electrons. The first-order chi connectivity index (χ1) is 9.15. The molecule has 1 aromatic rings. The van der Waals surface area contributed by atoms with Gasteiger partial charge in [0.15, 0.2) is 5.13 Å². The number of likely N-dealkylation sites (tertiary alicyclic amines) is 1. The first kappa shape index (κ1) is 13.3. The van der Waals surface area contributed by atoms with Gasteiger partial charge in [0.2, 0.25) is 0 Å². The van der Waals surface area contributed by atoms with Gasteiger partial charge >= 0.3 is 0 Å². The molecule has 2 unspecified atom stereocenters. The molecule has 2 atom stereocenters. The highest BCUT2D eigenvalue weighted by Crippen LogP contribution is 2.36. The lowest BCUT2D eigenvalue weighted by molar-refractivity contribution is 0.314. The third-order valence-electron chi connectivity index (χ3n) is 4.46. The molecule has 0 spiro atoms. The molecule has 1 fully saturated rings. The second-order valence-corrected chi connectivity index (χ2v) is 6.97. The predicted octanol–water partition coefficient (Wildman–Crippen LogP) is 2.01. The molecule has 1 saturated heterocycles. The average Bonchev–Trinajstić information content (AvgIpc) is 2.97. The van der Waals surface area contributed by atoms with E-state index in [0.717, 1.165) is 24.5 Å². The number of nitrogens with zero attached hydrogens (tertiary/aromatic N) is 3. The highest BCUT2D eigenvalue weighted by Gasteiger charge is 2.26. The van der Waals surface area contributed by atoms with E-state index < -0.39 is 0 Å². The maximum atomic E-state index is 6.19. The van der Waals surface area contributed by atoms with Gasteiger partial charge in [0, 0.05) is 30.6 Å². The van der Waals surface area contributed by atoms with Gasteiger partial charge in [-0.25, -0.2) is 4.98 Å². The highest BCUT2D eigenvalue weighted by molar-refractivity contribution is 7.15. The normalized spacial score (nSPS) is 27.5. The lowest BCUT2D eigenvalue weighted by atomic mass is 9.99. The molecule has 0 amide bonds. The monoisotopic (exact) mass is 280 g/mol. The van der Waals surface area contributed by atoms with Gasteiger partial charge in [0.05, 0.1) is 5.69 Å². The van der Waals surface area contributed by atoms with E-state index in [1.807, 2.05) is 11.3 Å². The van der Waals surface area contributed by atoms with E-state index in [-0.39, 0.29) is 6.04 Å². The minimum Gasteiger partial charge on any atom is -0.350 e. The van der Waals surface area contributed by atoms with Crippen molar-refractivity contribution in [3.8, 4) is 0 Å². The van der Waals surface area contributed by atoms with Crippen LogP contribution in [0.5, 0.6) is 0 Å². The number of anilines is 1. The number of nitrogens with two attached hydrogens (primary N) is 1. The van der Waals surface area contributed by atoms with Gasteiger partial charge in [0.25, 0.3) is 0 Å². The van der Waals surface area contributed by atoms with Crippen molar-refractivity contribution in [2.75, 3.05) is 32.1 Å². The van der Waals surface area contributed by atoms with Gasteiger partial charge in [0.1, 0.15) is 0 Å². The quantitative estimate of drug-likeness (QED) is 0.920. The van der Waals surface area contributed by atoms with Crippen LogP contribution in [0.2, 0.25) is 0 Å². The van der Waals surface area contributed by atoms with Crippen LogP contribution in [0.25, 0.3) is 0 Å². The van der Waals surface area contributed by atoms with Crippen molar-refractivity contribution in [1.29, 1.82) is 0 Å². The van der Waals surface area contributed by atoms with E-state index in [4.69, 9.17) is 10.7 Å². The Bertz CT molecular complexity index is 445. The lowest BCUT2D eigenvalue weighted by Crippen LogP contribution is -2.36. The van der Waals surface area contributed by atoms with Crippen LogP contribution in [0.4, 0.5) is 5.13 Å². The maximum Gasteiger partial charge on any atom is 0.185 e. The second kappa shape index (κ2) is 5.38. The van der Waals surface area contributed by atoms with E-state index in [2.05, 4.69) is 23.9 Å². The van der Waals surface area contributed by atoms with Crippen molar-refractivity contribution in [2.45, 2.75) is 44.2 Å². The van der Waals surface area contributed by atoms with Crippen molar-refractivity contribution in [2.24, 2.45) is 5.73 Å². The third kappa shape index (κ3) is 2.64. The fourth-order valence-electron chi connectivity index (χ4n) is 3.21. The molecule has 0 saturated carbocycles. The molecule has 106 valence electrons. The van der Waals surface area contributed by atoms with Crippen LogP contribution in [0.15, 0.2) is 0 Å². The van der Waals surface area contributed by atoms with Crippen molar-refractivity contribution < 1.29 is 0 Å². The number of thiazole rings is 1. The SMILES string of the molecule is CN(CC1CCCN1C)c1nc2c(s1)C(N)CCC2. The number of hydrogen-bond donors (Lipinski definition) is 1. The number of likely N-dealkylation sites (N-methyl/N-ethyl adjacent to an activating group) is 2. The Morgan fingerprint density at radius 1 is 1.42 bits per heavy atom.